The molecule has 0 aliphatic rings. The molecule has 2 rings (SSSR count). The lowest BCUT2D eigenvalue weighted by atomic mass is 10.3. The van der Waals surface area contributed by atoms with Gasteiger partial charge in [0.25, 0.3) is 0 Å². The molecular formula is C14H17N3. The van der Waals surface area contributed by atoms with E-state index in [4.69, 9.17) is 5.73 Å². The average Bonchev–Trinajstić information content (AvgIpc) is 2.42. The summed E-state index contributed by atoms with van der Waals surface area (Å²) in [5.41, 5.74) is 7.93. The molecular weight excluding hydrogens is 210 g/mol. The van der Waals surface area contributed by atoms with Crippen LogP contribution in [0.4, 0.5) is 17.1 Å². The van der Waals surface area contributed by atoms with Crippen molar-refractivity contribution in [3.05, 3.63) is 54.6 Å². The number of hydrogen-bond acceptors (Lipinski definition) is 3. The van der Waals surface area contributed by atoms with E-state index in [1.54, 1.807) is 12.1 Å². The molecule has 17 heavy (non-hydrogen) atoms. The zero-order valence-electron chi connectivity index (χ0n) is 10.2. The van der Waals surface area contributed by atoms with E-state index in [1.807, 2.05) is 56.3 Å². The summed E-state index contributed by atoms with van der Waals surface area (Å²) in [6.07, 6.45) is 0. The van der Waals surface area contributed by atoms with Crippen LogP contribution in [0.25, 0.3) is 0 Å². The first-order valence-electron chi connectivity index (χ1n) is 5.67. The van der Waals surface area contributed by atoms with Gasteiger partial charge in [-0.05, 0) is 36.4 Å². The van der Waals surface area contributed by atoms with E-state index in [0.717, 1.165) is 17.1 Å². The predicted molar refractivity (Wildman–Crippen MR) is 72.8 cm³/mol. The van der Waals surface area contributed by atoms with Crippen molar-refractivity contribution in [3.63, 3.8) is 0 Å². The van der Waals surface area contributed by atoms with Crippen LogP contribution < -0.4 is 5.73 Å². The minimum Gasteiger partial charge on any atom is -0.399 e. The lowest BCUT2D eigenvalue weighted by Gasteiger charge is -1.93. The molecule has 0 unspecified atom stereocenters. The van der Waals surface area contributed by atoms with Gasteiger partial charge >= 0.3 is 0 Å². The minimum absolute atomic E-state index is 0.730. The maximum Gasteiger partial charge on any atom is 0.0858 e. The Bertz CT molecular complexity index is 447. The minimum atomic E-state index is 0.730. The van der Waals surface area contributed by atoms with Crippen LogP contribution in [0.2, 0.25) is 0 Å². The maximum atomic E-state index is 5.56. The van der Waals surface area contributed by atoms with Crippen LogP contribution in [-0.2, 0) is 0 Å². The Kier molecular flexibility index (Phi) is 5.44. The average molecular weight is 227 g/mol. The number of nitrogen functional groups attached to an aromatic ring is 1. The van der Waals surface area contributed by atoms with Crippen LogP contribution in [0, 0.1) is 0 Å². The Labute approximate surface area is 102 Å². The standard InChI is InChI=1S/C12H11N3.C2H6/c13-10-6-8-12(9-7-10)15-14-11-4-2-1-3-5-11;1-2/h1-9H,13H2;1-2H3. The van der Waals surface area contributed by atoms with Gasteiger partial charge in [-0.15, -0.1) is 0 Å². The van der Waals surface area contributed by atoms with Crippen molar-refractivity contribution >= 4 is 17.1 Å². The van der Waals surface area contributed by atoms with Crippen LogP contribution in [0.15, 0.2) is 64.8 Å². The molecule has 88 valence electrons. The molecule has 0 spiro atoms. The van der Waals surface area contributed by atoms with Crippen molar-refractivity contribution < 1.29 is 0 Å². The Morgan fingerprint density at radius 2 is 1.18 bits per heavy atom. The summed E-state index contributed by atoms with van der Waals surface area (Å²) in [4.78, 5) is 0. The normalized spacial score (nSPS) is 9.76. The zero-order chi connectivity index (χ0) is 12.5. The SMILES string of the molecule is CC.Nc1ccc(N=Nc2ccccc2)cc1. The maximum absolute atomic E-state index is 5.56. The fourth-order valence-corrected chi connectivity index (χ4v) is 1.15. The summed E-state index contributed by atoms with van der Waals surface area (Å²) in [5, 5.41) is 8.18. The molecule has 0 bridgehead atoms. The highest BCUT2D eigenvalue weighted by Crippen LogP contribution is 2.18. The monoisotopic (exact) mass is 227 g/mol. The third-order valence-corrected chi connectivity index (χ3v) is 1.93. The van der Waals surface area contributed by atoms with E-state index >= 15 is 0 Å². The van der Waals surface area contributed by atoms with Crippen LogP contribution in [0.5, 0.6) is 0 Å². The van der Waals surface area contributed by atoms with Crippen molar-refractivity contribution in [2.75, 3.05) is 5.73 Å². The second kappa shape index (κ2) is 7.17. The number of azo groups is 1. The van der Waals surface area contributed by atoms with Crippen LogP contribution in [0.1, 0.15) is 13.8 Å². The molecule has 0 atom stereocenters. The zero-order valence-corrected chi connectivity index (χ0v) is 10.2. The van der Waals surface area contributed by atoms with Crippen LogP contribution in [0.3, 0.4) is 0 Å². The fourth-order valence-electron chi connectivity index (χ4n) is 1.15. The summed E-state index contributed by atoms with van der Waals surface area (Å²) in [5.74, 6) is 0. The van der Waals surface area contributed by atoms with Gasteiger partial charge < -0.3 is 5.73 Å². The first-order valence-corrected chi connectivity index (χ1v) is 5.67. The smallest absolute Gasteiger partial charge is 0.0858 e. The molecule has 0 amide bonds. The summed E-state index contributed by atoms with van der Waals surface area (Å²) >= 11 is 0. The van der Waals surface area contributed by atoms with Gasteiger partial charge in [0.05, 0.1) is 11.4 Å². The van der Waals surface area contributed by atoms with Crippen molar-refractivity contribution in [3.8, 4) is 0 Å². The highest BCUT2D eigenvalue weighted by atomic mass is 15.1. The van der Waals surface area contributed by atoms with E-state index in [2.05, 4.69) is 10.2 Å². The van der Waals surface area contributed by atoms with Gasteiger partial charge in [0, 0.05) is 5.69 Å². The molecule has 3 nitrogen and oxygen atoms in total. The van der Waals surface area contributed by atoms with E-state index in [-0.39, 0.29) is 0 Å². The first kappa shape index (κ1) is 12.9. The van der Waals surface area contributed by atoms with Gasteiger partial charge in [-0.25, -0.2) is 0 Å². The summed E-state index contributed by atoms with van der Waals surface area (Å²) in [6, 6.07) is 16.9. The van der Waals surface area contributed by atoms with Gasteiger partial charge in [-0.2, -0.15) is 10.2 Å². The van der Waals surface area contributed by atoms with Gasteiger partial charge in [-0.1, -0.05) is 32.0 Å². The molecule has 0 heterocycles. The second-order valence-electron chi connectivity index (χ2n) is 3.13. The molecule has 2 aromatic rings. The molecule has 0 saturated heterocycles. The van der Waals surface area contributed by atoms with Gasteiger partial charge in [0.15, 0.2) is 0 Å². The first-order chi connectivity index (χ1) is 8.34. The van der Waals surface area contributed by atoms with Gasteiger partial charge in [0.1, 0.15) is 0 Å². The topological polar surface area (TPSA) is 50.7 Å². The quantitative estimate of drug-likeness (QED) is 0.586. The molecule has 0 radical (unpaired) electrons. The van der Waals surface area contributed by atoms with Crippen molar-refractivity contribution in [1.29, 1.82) is 0 Å². The number of anilines is 1. The number of nitrogens with zero attached hydrogens (tertiary/aromatic N) is 2. The van der Waals surface area contributed by atoms with Crippen molar-refractivity contribution in [2.24, 2.45) is 10.2 Å². The summed E-state index contributed by atoms with van der Waals surface area (Å²) in [6.45, 7) is 4.00. The summed E-state index contributed by atoms with van der Waals surface area (Å²) < 4.78 is 0. The van der Waals surface area contributed by atoms with Crippen molar-refractivity contribution in [2.45, 2.75) is 13.8 Å². The number of hydrogen-bond donors (Lipinski definition) is 1. The van der Waals surface area contributed by atoms with Crippen LogP contribution in [-0.4, -0.2) is 0 Å². The highest BCUT2D eigenvalue weighted by Gasteiger charge is 1.89. The van der Waals surface area contributed by atoms with E-state index in [9.17, 15) is 0 Å². The molecule has 2 aromatic carbocycles. The van der Waals surface area contributed by atoms with E-state index in [1.165, 1.54) is 0 Å². The lowest BCUT2D eigenvalue weighted by molar-refractivity contribution is 1.23. The Morgan fingerprint density at radius 3 is 1.71 bits per heavy atom. The highest BCUT2D eigenvalue weighted by molar-refractivity contribution is 5.47. The van der Waals surface area contributed by atoms with Gasteiger partial charge in [-0.3, -0.25) is 0 Å². The number of benzene rings is 2. The summed E-state index contributed by atoms with van der Waals surface area (Å²) in [7, 11) is 0. The molecule has 0 fully saturated rings. The molecule has 0 aliphatic heterocycles. The fraction of sp³-hybridized carbons (Fsp3) is 0.143. The van der Waals surface area contributed by atoms with E-state index in [0.29, 0.717) is 0 Å². The Balaban J connectivity index is 0.000000686. The van der Waals surface area contributed by atoms with Crippen molar-refractivity contribution in [1.82, 2.24) is 0 Å². The number of nitrogens with two attached hydrogens (primary N) is 1. The lowest BCUT2D eigenvalue weighted by Crippen LogP contribution is -1.80. The third kappa shape index (κ3) is 4.47. The number of rotatable bonds is 2. The molecule has 3 heteroatoms. The molecule has 0 aliphatic carbocycles. The molecule has 0 saturated carbocycles. The Hall–Kier alpha value is -2.16. The van der Waals surface area contributed by atoms with E-state index < -0.39 is 0 Å². The predicted octanol–water partition coefficient (Wildman–Crippen LogP) is 4.71. The molecule has 0 aromatic heterocycles. The second-order valence-corrected chi connectivity index (χ2v) is 3.13. The van der Waals surface area contributed by atoms with Crippen LogP contribution >= 0.6 is 0 Å². The third-order valence-electron chi connectivity index (χ3n) is 1.93. The molecule has 2 N–H and O–H groups in total. The Morgan fingerprint density at radius 1 is 0.706 bits per heavy atom. The van der Waals surface area contributed by atoms with Gasteiger partial charge in [0.2, 0.25) is 0 Å². The largest absolute Gasteiger partial charge is 0.399 e.